The van der Waals surface area contributed by atoms with Crippen molar-refractivity contribution in [1.82, 2.24) is 19.2 Å². The van der Waals surface area contributed by atoms with E-state index in [0.29, 0.717) is 0 Å². The first-order valence-corrected chi connectivity index (χ1v) is 9.72. The lowest BCUT2D eigenvalue weighted by Crippen LogP contribution is -2.49. The number of hydrogen-bond donors (Lipinski definition) is 0. The number of nitrogens with zero attached hydrogens (tertiary/aromatic N) is 4. The van der Waals surface area contributed by atoms with E-state index in [1.54, 1.807) is 7.11 Å². The van der Waals surface area contributed by atoms with Crippen molar-refractivity contribution < 1.29 is 9.53 Å². The SMILES string of the molecule is COc1ccc([C@H](C)C(=O)N2CCN(Cc3cn4ccccc4n3)CC2)cc1. The normalized spacial score (nSPS) is 16.3. The lowest BCUT2D eigenvalue weighted by Gasteiger charge is -2.35. The molecule has 6 nitrogen and oxygen atoms in total. The number of rotatable bonds is 5. The van der Waals surface area contributed by atoms with Crippen molar-refractivity contribution in [2.75, 3.05) is 33.3 Å². The molecule has 3 aromatic rings. The number of imidazole rings is 1. The van der Waals surface area contributed by atoms with E-state index in [0.717, 1.165) is 55.4 Å². The van der Waals surface area contributed by atoms with Crippen LogP contribution in [0.15, 0.2) is 54.9 Å². The number of carbonyl (C=O) groups is 1. The molecule has 6 heteroatoms. The fourth-order valence-corrected chi connectivity index (χ4v) is 3.73. The molecule has 0 spiro atoms. The Morgan fingerprint density at radius 1 is 1.11 bits per heavy atom. The molecule has 4 rings (SSSR count). The molecule has 1 aliphatic rings. The Morgan fingerprint density at radius 2 is 1.86 bits per heavy atom. The van der Waals surface area contributed by atoms with Crippen LogP contribution in [0.2, 0.25) is 0 Å². The molecule has 146 valence electrons. The third-order valence-corrected chi connectivity index (χ3v) is 5.47. The number of fused-ring (bicyclic) bond motifs is 1. The summed E-state index contributed by atoms with van der Waals surface area (Å²) in [6.07, 6.45) is 4.10. The predicted octanol–water partition coefficient (Wildman–Crippen LogP) is 2.79. The van der Waals surface area contributed by atoms with Gasteiger partial charge in [0.2, 0.25) is 5.91 Å². The molecule has 1 amide bonds. The van der Waals surface area contributed by atoms with E-state index >= 15 is 0 Å². The zero-order valence-corrected chi connectivity index (χ0v) is 16.4. The average Bonchev–Trinajstić information content (AvgIpc) is 3.15. The van der Waals surface area contributed by atoms with Crippen LogP contribution in [0.3, 0.4) is 0 Å². The third-order valence-electron chi connectivity index (χ3n) is 5.47. The summed E-state index contributed by atoms with van der Waals surface area (Å²) in [5, 5.41) is 0. The van der Waals surface area contributed by atoms with Crippen LogP contribution in [0.5, 0.6) is 5.75 Å². The summed E-state index contributed by atoms with van der Waals surface area (Å²) in [5.74, 6) is 0.859. The maximum atomic E-state index is 12.9. The minimum atomic E-state index is -0.143. The first-order chi connectivity index (χ1) is 13.6. The lowest BCUT2D eigenvalue weighted by atomic mass is 9.99. The van der Waals surface area contributed by atoms with Gasteiger partial charge in [-0.1, -0.05) is 18.2 Å². The van der Waals surface area contributed by atoms with Crippen LogP contribution in [0, 0.1) is 0 Å². The molecular weight excluding hydrogens is 352 g/mol. The molecule has 1 fully saturated rings. The number of hydrogen-bond acceptors (Lipinski definition) is 4. The van der Waals surface area contributed by atoms with Crippen LogP contribution in [0.1, 0.15) is 24.1 Å². The van der Waals surface area contributed by atoms with Gasteiger partial charge in [0.25, 0.3) is 0 Å². The van der Waals surface area contributed by atoms with Crippen molar-refractivity contribution in [3.63, 3.8) is 0 Å². The molecule has 0 N–H and O–H groups in total. The molecule has 1 aliphatic heterocycles. The van der Waals surface area contributed by atoms with Crippen molar-refractivity contribution in [2.24, 2.45) is 0 Å². The molecule has 0 radical (unpaired) electrons. The Bertz CT molecular complexity index is 910. The highest BCUT2D eigenvalue weighted by Gasteiger charge is 2.26. The third kappa shape index (κ3) is 3.87. The lowest BCUT2D eigenvalue weighted by molar-refractivity contribution is -0.134. The molecule has 1 saturated heterocycles. The van der Waals surface area contributed by atoms with Crippen LogP contribution in [0.4, 0.5) is 0 Å². The zero-order chi connectivity index (χ0) is 19.5. The van der Waals surface area contributed by atoms with Gasteiger partial charge in [-0.25, -0.2) is 4.98 Å². The molecule has 1 aromatic carbocycles. The monoisotopic (exact) mass is 378 g/mol. The van der Waals surface area contributed by atoms with Crippen molar-refractivity contribution >= 4 is 11.6 Å². The highest BCUT2D eigenvalue weighted by atomic mass is 16.5. The highest BCUT2D eigenvalue weighted by Crippen LogP contribution is 2.22. The first kappa shape index (κ1) is 18.5. The number of carbonyl (C=O) groups excluding carboxylic acids is 1. The summed E-state index contributed by atoms with van der Waals surface area (Å²) in [5.41, 5.74) is 3.06. The molecule has 28 heavy (non-hydrogen) atoms. The molecule has 0 bridgehead atoms. The molecule has 2 aromatic heterocycles. The maximum absolute atomic E-state index is 12.9. The zero-order valence-electron chi connectivity index (χ0n) is 16.4. The summed E-state index contributed by atoms with van der Waals surface area (Å²) in [6.45, 7) is 6.05. The van der Waals surface area contributed by atoms with Gasteiger partial charge in [0.15, 0.2) is 0 Å². The van der Waals surface area contributed by atoms with Crippen molar-refractivity contribution in [3.05, 3.63) is 66.1 Å². The Balaban J connectivity index is 1.33. The number of amides is 1. The fraction of sp³-hybridized carbons (Fsp3) is 0.364. The smallest absolute Gasteiger partial charge is 0.229 e. The Labute approximate surface area is 165 Å². The van der Waals surface area contributed by atoms with Crippen molar-refractivity contribution in [1.29, 1.82) is 0 Å². The molecular formula is C22H26N4O2. The van der Waals surface area contributed by atoms with E-state index < -0.39 is 0 Å². The first-order valence-electron chi connectivity index (χ1n) is 9.72. The Morgan fingerprint density at radius 3 is 2.54 bits per heavy atom. The summed E-state index contributed by atoms with van der Waals surface area (Å²) >= 11 is 0. The molecule has 0 aliphatic carbocycles. The number of ether oxygens (including phenoxy) is 1. The standard InChI is InChI=1S/C22H26N4O2/c1-17(18-6-8-20(28-2)9-7-18)22(27)25-13-11-24(12-14-25)15-19-16-26-10-4-3-5-21(26)23-19/h3-10,16-17H,11-15H2,1-2H3/t17-/m0/s1. The number of piperazine rings is 1. The second kappa shape index (κ2) is 8.02. The highest BCUT2D eigenvalue weighted by molar-refractivity contribution is 5.83. The fourth-order valence-electron chi connectivity index (χ4n) is 3.73. The number of aromatic nitrogens is 2. The van der Waals surface area contributed by atoms with Crippen molar-refractivity contribution in [2.45, 2.75) is 19.4 Å². The summed E-state index contributed by atoms with van der Waals surface area (Å²) in [6, 6.07) is 13.8. The molecule has 0 unspecified atom stereocenters. The second-order valence-electron chi connectivity index (χ2n) is 7.29. The quantitative estimate of drug-likeness (QED) is 0.685. The Kier molecular flexibility index (Phi) is 5.30. The van der Waals surface area contributed by atoms with Gasteiger partial charge in [0.1, 0.15) is 11.4 Å². The maximum Gasteiger partial charge on any atom is 0.229 e. The van der Waals surface area contributed by atoms with E-state index in [4.69, 9.17) is 4.74 Å². The largest absolute Gasteiger partial charge is 0.497 e. The second-order valence-corrected chi connectivity index (χ2v) is 7.29. The molecule has 3 heterocycles. The van der Waals surface area contributed by atoms with E-state index in [2.05, 4.69) is 16.1 Å². The number of benzene rings is 1. The summed E-state index contributed by atoms with van der Waals surface area (Å²) in [7, 11) is 1.65. The van der Waals surface area contributed by atoms with Gasteiger partial charge in [0.05, 0.1) is 18.7 Å². The van der Waals surface area contributed by atoms with E-state index in [9.17, 15) is 4.79 Å². The van der Waals surface area contributed by atoms with Gasteiger partial charge in [-0.3, -0.25) is 9.69 Å². The number of pyridine rings is 1. The van der Waals surface area contributed by atoms with Crippen LogP contribution in [-0.4, -0.2) is 58.4 Å². The summed E-state index contributed by atoms with van der Waals surface area (Å²) in [4.78, 5) is 21.9. The van der Waals surface area contributed by atoms with Crippen LogP contribution < -0.4 is 4.74 Å². The van der Waals surface area contributed by atoms with E-state index in [1.807, 2.05) is 64.9 Å². The van der Waals surface area contributed by atoms with Crippen LogP contribution in [-0.2, 0) is 11.3 Å². The summed E-state index contributed by atoms with van der Waals surface area (Å²) < 4.78 is 7.25. The van der Waals surface area contributed by atoms with E-state index in [1.165, 1.54) is 0 Å². The van der Waals surface area contributed by atoms with Gasteiger partial charge in [-0.2, -0.15) is 0 Å². The predicted molar refractivity (Wildman–Crippen MR) is 108 cm³/mol. The van der Waals surface area contributed by atoms with Gasteiger partial charge in [-0.05, 0) is 36.8 Å². The topological polar surface area (TPSA) is 50.1 Å². The average molecular weight is 378 g/mol. The van der Waals surface area contributed by atoms with Gasteiger partial charge in [0, 0.05) is 45.1 Å². The molecule has 0 saturated carbocycles. The number of methoxy groups -OCH3 is 1. The van der Waals surface area contributed by atoms with E-state index in [-0.39, 0.29) is 11.8 Å². The molecule has 1 atom stereocenters. The van der Waals surface area contributed by atoms with Crippen LogP contribution >= 0.6 is 0 Å². The Hall–Kier alpha value is -2.86. The minimum absolute atomic E-state index is 0.143. The van der Waals surface area contributed by atoms with Crippen LogP contribution in [0.25, 0.3) is 5.65 Å². The van der Waals surface area contributed by atoms with Gasteiger partial charge >= 0.3 is 0 Å². The van der Waals surface area contributed by atoms with Gasteiger partial charge in [-0.15, -0.1) is 0 Å². The van der Waals surface area contributed by atoms with Crippen molar-refractivity contribution in [3.8, 4) is 5.75 Å². The van der Waals surface area contributed by atoms with Gasteiger partial charge < -0.3 is 14.0 Å². The minimum Gasteiger partial charge on any atom is -0.497 e.